The number of nitrogens with one attached hydrogen (secondary N) is 2. The summed E-state index contributed by atoms with van der Waals surface area (Å²) in [6, 6.07) is 7.17. The van der Waals surface area contributed by atoms with E-state index in [9.17, 15) is 9.59 Å². The zero-order valence-electron chi connectivity index (χ0n) is 14.7. The number of nitrogens with two attached hydrogens (primary N) is 1. The minimum Gasteiger partial charge on any atom is -0.351 e. The molecule has 5 nitrogen and oxygen atoms in total. The van der Waals surface area contributed by atoms with Gasteiger partial charge >= 0.3 is 6.03 Å². The van der Waals surface area contributed by atoms with Gasteiger partial charge in [-0.2, -0.15) is 0 Å². The van der Waals surface area contributed by atoms with E-state index >= 15 is 0 Å². The van der Waals surface area contributed by atoms with E-state index in [1.54, 1.807) is 6.92 Å². The first-order valence-electron chi connectivity index (χ1n) is 8.15. The summed E-state index contributed by atoms with van der Waals surface area (Å²) in [6.45, 7) is 10.3. The summed E-state index contributed by atoms with van der Waals surface area (Å²) in [5, 5.41) is 5.38. The molecule has 0 aliphatic heterocycles. The average Bonchev–Trinajstić information content (AvgIpc) is 2.43. The Labute approximate surface area is 139 Å². The maximum atomic E-state index is 11.8. The summed E-state index contributed by atoms with van der Waals surface area (Å²) in [5.41, 5.74) is 7.43. The van der Waals surface area contributed by atoms with Gasteiger partial charge in [0, 0.05) is 6.04 Å². The highest BCUT2D eigenvalue weighted by Crippen LogP contribution is 2.23. The van der Waals surface area contributed by atoms with E-state index in [-0.39, 0.29) is 6.04 Å². The molecule has 0 fully saturated rings. The second-order valence-electron chi connectivity index (χ2n) is 6.80. The molecule has 1 aromatic carbocycles. The van der Waals surface area contributed by atoms with Crippen molar-refractivity contribution >= 4 is 11.9 Å². The third-order valence-electron chi connectivity index (χ3n) is 3.72. The van der Waals surface area contributed by atoms with Crippen LogP contribution in [0.1, 0.15) is 51.8 Å². The lowest BCUT2D eigenvalue weighted by Crippen LogP contribution is -2.48. The summed E-state index contributed by atoms with van der Waals surface area (Å²) in [4.78, 5) is 22.6. The molecule has 0 aromatic heterocycles. The molecule has 1 rings (SSSR count). The molecule has 2 atom stereocenters. The van der Waals surface area contributed by atoms with Crippen LogP contribution in [0.25, 0.3) is 0 Å². The van der Waals surface area contributed by atoms with Crippen molar-refractivity contribution in [3.8, 4) is 0 Å². The number of rotatable bonds is 7. The lowest BCUT2D eigenvalue weighted by Gasteiger charge is -2.26. The molecule has 4 N–H and O–H groups in total. The molecule has 0 bridgehead atoms. The van der Waals surface area contributed by atoms with E-state index < -0.39 is 18.0 Å². The van der Waals surface area contributed by atoms with Crippen molar-refractivity contribution in [1.82, 2.24) is 10.6 Å². The fraction of sp³-hybridized carbons (Fsp3) is 0.556. The van der Waals surface area contributed by atoms with Crippen LogP contribution >= 0.6 is 0 Å². The first kappa shape index (κ1) is 19.2. The molecule has 0 radical (unpaired) electrons. The van der Waals surface area contributed by atoms with Crippen LogP contribution in [0.15, 0.2) is 24.3 Å². The van der Waals surface area contributed by atoms with E-state index in [4.69, 9.17) is 5.73 Å². The van der Waals surface area contributed by atoms with Crippen LogP contribution < -0.4 is 16.4 Å². The van der Waals surface area contributed by atoms with Crippen LogP contribution in [0.2, 0.25) is 0 Å². The maximum absolute atomic E-state index is 11.8. The molecule has 0 heterocycles. The summed E-state index contributed by atoms with van der Waals surface area (Å²) in [6.07, 6.45) is 1.05. The quantitative estimate of drug-likeness (QED) is 0.722. The highest BCUT2D eigenvalue weighted by Gasteiger charge is 2.22. The van der Waals surface area contributed by atoms with Gasteiger partial charge in [0.1, 0.15) is 0 Å². The topological polar surface area (TPSA) is 84.2 Å². The molecule has 0 aliphatic rings. The molecule has 0 saturated heterocycles. The normalized spacial score (nSPS) is 13.9. The average molecular weight is 319 g/mol. The summed E-state index contributed by atoms with van der Waals surface area (Å²) in [7, 11) is 0. The van der Waals surface area contributed by atoms with Crippen molar-refractivity contribution in [1.29, 1.82) is 0 Å². The summed E-state index contributed by atoms with van der Waals surface area (Å²) >= 11 is 0. The van der Waals surface area contributed by atoms with Crippen LogP contribution in [0.3, 0.4) is 0 Å². The van der Waals surface area contributed by atoms with Gasteiger partial charge in [0.15, 0.2) is 0 Å². The fourth-order valence-corrected chi connectivity index (χ4v) is 2.58. The van der Waals surface area contributed by atoms with E-state index in [2.05, 4.69) is 62.6 Å². The Morgan fingerprint density at radius 1 is 1.04 bits per heavy atom. The minimum atomic E-state index is -0.831. The van der Waals surface area contributed by atoms with Crippen LogP contribution in [0, 0.1) is 11.8 Å². The number of benzene rings is 1. The van der Waals surface area contributed by atoms with E-state index in [1.165, 1.54) is 5.56 Å². The van der Waals surface area contributed by atoms with Gasteiger partial charge in [-0.3, -0.25) is 15.4 Å². The molecule has 23 heavy (non-hydrogen) atoms. The van der Waals surface area contributed by atoms with Crippen molar-refractivity contribution in [2.24, 2.45) is 17.6 Å². The first-order valence-corrected chi connectivity index (χ1v) is 8.15. The molecule has 0 aliphatic carbocycles. The number of hydrogen-bond donors (Lipinski definition) is 3. The zero-order valence-corrected chi connectivity index (χ0v) is 14.7. The van der Waals surface area contributed by atoms with Crippen LogP contribution in [-0.2, 0) is 11.2 Å². The Bertz CT molecular complexity index is 524. The zero-order chi connectivity index (χ0) is 17.6. The number of urea groups is 1. The number of hydrogen-bond acceptors (Lipinski definition) is 3. The molecular formula is C18H29N3O2. The highest BCUT2D eigenvalue weighted by molar-refractivity contribution is 5.96. The first-order chi connectivity index (χ1) is 10.7. The largest absolute Gasteiger partial charge is 0.351 e. The lowest BCUT2D eigenvalue weighted by atomic mass is 9.93. The van der Waals surface area contributed by atoms with Gasteiger partial charge in [0.25, 0.3) is 0 Å². The Morgan fingerprint density at radius 2 is 1.61 bits per heavy atom. The van der Waals surface area contributed by atoms with E-state index in [0.29, 0.717) is 11.8 Å². The van der Waals surface area contributed by atoms with Gasteiger partial charge in [-0.25, -0.2) is 4.79 Å². The van der Waals surface area contributed by atoms with E-state index in [0.717, 1.165) is 12.0 Å². The highest BCUT2D eigenvalue weighted by atomic mass is 16.2. The van der Waals surface area contributed by atoms with Gasteiger partial charge in [-0.05, 0) is 36.3 Å². The summed E-state index contributed by atoms with van der Waals surface area (Å²) in [5.74, 6) is 0.506. The smallest absolute Gasteiger partial charge is 0.318 e. The monoisotopic (exact) mass is 319 g/mol. The molecule has 5 heteroatoms. The van der Waals surface area contributed by atoms with Crippen LogP contribution in [-0.4, -0.2) is 18.0 Å². The van der Waals surface area contributed by atoms with Crippen LogP contribution in [0.4, 0.5) is 4.79 Å². The molecule has 0 saturated carbocycles. The molecule has 128 valence electrons. The SMILES string of the molecule is CC(C)Cc1ccc([C@H](N[C@@H](C)C(=O)NC(N)=O)C(C)C)cc1. The second-order valence-corrected chi connectivity index (χ2v) is 6.80. The van der Waals surface area contributed by atoms with Crippen molar-refractivity contribution in [2.75, 3.05) is 0 Å². The third-order valence-corrected chi connectivity index (χ3v) is 3.72. The number of carbonyl (C=O) groups excluding carboxylic acids is 2. The van der Waals surface area contributed by atoms with Gasteiger partial charge in [0.05, 0.1) is 6.04 Å². The van der Waals surface area contributed by atoms with Crippen LogP contribution in [0.5, 0.6) is 0 Å². The van der Waals surface area contributed by atoms with Gasteiger partial charge in [-0.1, -0.05) is 52.0 Å². The number of imide groups is 1. The standard InChI is InChI=1S/C18H29N3O2/c1-11(2)10-14-6-8-15(9-7-14)16(12(3)4)20-13(5)17(22)21-18(19)23/h6-9,11-13,16,20H,10H2,1-5H3,(H3,19,21,22,23)/t13-,16+/m0/s1. The fourth-order valence-electron chi connectivity index (χ4n) is 2.58. The van der Waals surface area contributed by atoms with Gasteiger partial charge in [0.2, 0.25) is 5.91 Å². The molecular weight excluding hydrogens is 290 g/mol. The second kappa shape index (κ2) is 8.67. The molecule has 0 unspecified atom stereocenters. The lowest BCUT2D eigenvalue weighted by molar-refractivity contribution is -0.121. The molecule has 1 aromatic rings. The molecule has 3 amide bonds. The van der Waals surface area contributed by atoms with Gasteiger partial charge < -0.3 is 5.73 Å². The minimum absolute atomic E-state index is 0.0247. The van der Waals surface area contributed by atoms with Crippen molar-refractivity contribution < 1.29 is 9.59 Å². The van der Waals surface area contributed by atoms with Gasteiger partial charge in [-0.15, -0.1) is 0 Å². The van der Waals surface area contributed by atoms with Crippen molar-refractivity contribution in [3.05, 3.63) is 35.4 Å². The Kier molecular flexibility index (Phi) is 7.23. The number of primary amides is 1. The summed E-state index contributed by atoms with van der Waals surface area (Å²) < 4.78 is 0. The Balaban J connectivity index is 2.82. The maximum Gasteiger partial charge on any atom is 0.318 e. The predicted molar refractivity (Wildman–Crippen MR) is 92.9 cm³/mol. The number of amides is 3. The Morgan fingerprint density at radius 3 is 2.04 bits per heavy atom. The Hall–Kier alpha value is -1.88. The van der Waals surface area contributed by atoms with E-state index in [1.807, 2.05) is 0 Å². The van der Waals surface area contributed by atoms with Crippen molar-refractivity contribution in [3.63, 3.8) is 0 Å². The predicted octanol–water partition coefficient (Wildman–Crippen LogP) is 2.76. The third kappa shape index (κ3) is 6.40. The number of carbonyl (C=O) groups is 2. The van der Waals surface area contributed by atoms with Crippen molar-refractivity contribution in [2.45, 2.75) is 53.1 Å². The molecule has 0 spiro atoms.